The Balaban J connectivity index is 0.000000146. The van der Waals surface area contributed by atoms with Gasteiger partial charge in [0, 0.05) is 119 Å². The van der Waals surface area contributed by atoms with E-state index in [-0.39, 0.29) is 21.9 Å². The van der Waals surface area contributed by atoms with Crippen LogP contribution in [0.4, 0.5) is 17.5 Å². The molecule has 7 aromatic rings. The van der Waals surface area contributed by atoms with Crippen molar-refractivity contribution in [2.75, 3.05) is 40.6 Å². The maximum Gasteiger partial charge on any atom is 0.569 e. The minimum atomic E-state index is -3.50. The van der Waals surface area contributed by atoms with Crippen molar-refractivity contribution in [2.45, 2.75) is 30.4 Å². The quantitative estimate of drug-likeness (QED) is 0.0455. The number of anilines is 3. The molecule has 3 aromatic carbocycles. The zero-order valence-electron chi connectivity index (χ0n) is 37.6. The number of nitrogens with two attached hydrogens (primary N) is 1. The summed E-state index contributed by atoms with van der Waals surface area (Å²) in [6.45, 7) is 4.01. The normalized spacial score (nSPS) is 13.5. The van der Waals surface area contributed by atoms with Gasteiger partial charge in [0.15, 0.2) is 0 Å². The van der Waals surface area contributed by atoms with Gasteiger partial charge < -0.3 is 40.0 Å². The molecule has 3 aliphatic rings. The molecule has 0 saturated heterocycles. The minimum Gasteiger partial charge on any atom is -0.536 e. The fraction of sp³-hybridized carbons (Fsp3) is 0.167. The minimum absolute atomic E-state index is 0.00371. The average Bonchev–Trinajstić information content (AvgIpc) is 3.89. The third kappa shape index (κ3) is 11.8. The van der Waals surface area contributed by atoms with Crippen LogP contribution < -0.4 is 39.7 Å². The summed E-state index contributed by atoms with van der Waals surface area (Å²) >= 11 is 11.0. The van der Waals surface area contributed by atoms with Crippen molar-refractivity contribution in [3.8, 4) is 49.6 Å². The van der Waals surface area contributed by atoms with E-state index in [2.05, 4.69) is 98.6 Å². The third-order valence-corrected chi connectivity index (χ3v) is 15.8. The first-order chi connectivity index (χ1) is 34.3. The number of carbonyl (C=O) groups is 3. The van der Waals surface area contributed by atoms with Gasteiger partial charge in [-0.15, -0.1) is 11.3 Å². The van der Waals surface area contributed by atoms with E-state index in [1.807, 2.05) is 54.6 Å². The zero-order chi connectivity index (χ0) is 50.2. The van der Waals surface area contributed by atoms with Crippen LogP contribution in [0.25, 0.3) is 43.8 Å². The van der Waals surface area contributed by atoms with Gasteiger partial charge in [-0.1, -0.05) is 43.3 Å². The molecule has 0 atom stereocenters. The predicted octanol–water partition coefficient (Wildman–Crippen LogP) is 7.82. The number of rotatable bonds is 11. The number of fused-ring (bicyclic) bond motifs is 3. The Morgan fingerprint density at radius 2 is 1.17 bits per heavy atom. The molecule has 9 N–H and O–H groups in total. The average molecular weight is 1190 g/mol. The van der Waals surface area contributed by atoms with E-state index in [1.54, 1.807) is 43.6 Å². The third-order valence-electron chi connectivity index (χ3n) is 11.5. The van der Waals surface area contributed by atoms with Crippen LogP contribution in [0.5, 0.6) is 5.75 Å². The Kier molecular flexibility index (Phi) is 16.5. The maximum atomic E-state index is 12.2. The Labute approximate surface area is 439 Å². The molecule has 3 amide bonds. The van der Waals surface area contributed by atoms with Gasteiger partial charge >= 0.3 is 7.69 Å². The van der Waals surface area contributed by atoms with Crippen LogP contribution in [0.1, 0.15) is 54.7 Å². The molecule has 4 aromatic heterocycles. The second-order valence-electron chi connectivity index (χ2n) is 15.9. The number of thiophene rings is 1. The van der Waals surface area contributed by atoms with Crippen LogP contribution in [-0.4, -0.2) is 80.0 Å². The molecule has 71 heavy (non-hydrogen) atoms. The van der Waals surface area contributed by atoms with Crippen molar-refractivity contribution >= 4 is 112 Å². The molecule has 0 saturated carbocycles. The Hall–Kier alpha value is -6.21. The van der Waals surface area contributed by atoms with E-state index in [1.165, 1.54) is 17.5 Å². The number of halogens is 3. The number of nitrogen functional groups attached to an aromatic ring is 1. The molecule has 7 heterocycles. The van der Waals surface area contributed by atoms with Gasteiger partial charge in [-0.2, -0.15) is 0 Å². The van der Waals surface area contributed by atoms with Gasteiger partial charge in [-0.3, -0.25) is 14.4 Å². The van der Waals surface area contributed by atoms with E-state index >= 15 is 0 Å². The van der Waals surface area contributed by atoms with Gasteiger partial charge in [0.05, 0.1) is 6.20 Å². The molecule has 1 radical (unpaired) electrons. The summed E-state index contributed by atoms with van der Waals surface area (Å²) in [6.07, 6.45) is 7.27. The number of carbonyl (C=O) groups excluding carboxylic acids is 3. The van der Waals surface area contributed by atoms with Crippen LogP contribution >= 0.6 is 59.6 Å². The van der Waals surface area contributed by atoms with E-state index in [0.717, 1.165) is 95.6 Å². The van der Waals surface area contributed by atoms with Gasteiger partial charge in [-0.25, -0.2) is 28.1 Å². The number of nitrogens with one attached hydrogen (secondary N) is 6. The smallest absolute Gasteiger partial charge is 0.536 e. The highest BCUT2D eigenvalue weighted by Crippen LogP contribution is 2.37. The Morgan fingerprint density at radius 1 is 0.662 bits per heavy atom. The molecule has 363 valence electrons. The Bertz CT molecular complexity index is 3290. The maximum absolute atomic E-state index is 12.2. The number of aromatic nitrogens is 3. The van der Waals surface area contributed by atoms with Crippen molar-refractivity contribution in [2.24, 2.45) is 0 Å². The van der Waals surface area contributed by atoms with Crippen molar-refractivity contribution in [3.05, 3.63) is 141 Å². The van der Waals surface area contributed by atoms with Crippen molar-refractivity contribution < 1.29 is 32.5 Å². The standard InChI is InChI=1S/C20H20N4O3S2.C14H12BBrN3O3.C14H11Br2N3O/c1-2-24-29(26,27)18-6-5-17(28-18)14-10-16(19(21)23-11-14)12-3-4-15-13(9-12)7-8-22-20(15)25;16-19-13-12(6-10(7-18-13)22-15-21)8-1-2-11-9(5-8)3-4-17-14(11)20;15-10-6-12(13(19-16)18-7-10)8-1-2-11-9(5-8)3-4-17-14(11)20/h3-6,9-11,24H,2,7-8H2,1H3,(H2,21,23)(H,22,25);1-2,5-7,21H,3-4H2,(H,17,20)(H,18,19);1-2,5-7H,3-4H2,(H,17,20)(H,18,19). The SMILES string of the molecule is CCNS(=O)(=O)c1ccc(-c2cnc(N)c(-c3ccc4c(c3)CCNC4=O)c2)s1.O=C1NCCc2cc(-c3cc(Br)cnc3NBr)ccc21.O=C1NCCc2cc(-c3cc(O[B]O)cnc3NBr)ccc21. The molecule has 0 aliphatic carbocycles. The monoisotopic (exact) mass is 1180 g/mol. The van der Waals surface area contributed by atoms with Gasteiger partial charge in [0.1, 0.15) is 27.4 Å². The first-order valence-electron chi connectivity index (χ1n) is 21.9. The summed E-state index contributed by atoms with van der Waals surface area (Å²) in [4.78, 5) is 49.2. The molecule has 3 aliphatic heterocycles. The van der Waals surface area contributed by atoms with E-state index in [4.69, 9.17) is 15.4 Å². The first-order valence-corrected chi connectivity index (χ1v) is 26.6. The predicted molar refractivity (Wildman–Crippen MR) is 287 cm³/mol. The zero-order valence-corrected chi connectivity index (χ0v) is 44.0. The summed E-state index contributed by atoms with van der Waals surface area (Å²) in [7, 11) is -2.89. The lowest BCUT2D eigenvalue weighted by Crippen LogP contribution is -2.31. The largest absolute Gasteiger partial charge is 0.569 e. The molecule has 17 nitrogen and oxygen atoms in total. The lowest BCUT2D eigenvalue weighted by molar-refractivity contribution is 0.0937. The molecular weight excluding hydrogens is 1140 g/mol. The van der Waals surface area contributed by atoms with Crippen LogP contribution in [-0.2, 0) is 29.3 Å². The highest BCUT2D eigenvalue weighted by molar-refractivity contribution is 9.10. The summed E-state index contributed by atoms with van der Waals surface area (Å²) < 4.78 is 38.8. The fourth-order valence-corrected chi connectivity index (χ4v) is 11.4. The van der Waals surface area contributed by atoms with E-state index < -0.39 is 10.0 Å². The number of hydrogen-bond acceptors (Lipinski definition) is 14. The fourth-order valence-electron chi connectivity index (χ4n) is 8.11. The van der Waals surface area contributed by atoms with Gasteiger partial charge in [-0.05, 0) is 117 Å². The molecule has 0 fully saturated rings. The lowest BCUT2D eigenvalue weighted by Gasteiger charge is -2.18. The van der Waals surface area contributed by atoms with Crippen LogP contribution in [0.3, 0.4) is 0 Å². The summed E-state index contributed by atoms with van der Waals surface area (Å²) in [5.74, 6) is 2.05. The number of pyridine rings is 3. The molecule has 0 bridgehead atoms. The number of nitrogens with zero attached hydrogens (tertiary/aromatic N) is 3. The second-order valence-corrected chi connectivity index (χ2v) is 20.7. The number of sulfonamides is 1. The lowest BCUT2D eigenvalue weighted by atomic mass is 9.94. The molecule has 0 spiro atoms. The second kappa shape index (κ2) is 22.9. The molecule has 10 rings (SSSR count). The topological polar surface area (TPSA) is 252 Å². The van der Waals surface area contributed by atoms with Gasteiger partial charge in [0.2, 0.25) is 10.0 Å². The van der Waals surface area contributed by atoms with Crippen LogP contribution in [0.2, 0.25) is 0 Å². The van der Waals surface area contributed by atoms with Crippen LogP contribution in [0, 0.1) is 0 Å². The molecule has 23 heteroatoms. The number of benzene rings is 3. The van der Waals surface area contributed by atoms with Gasteiger partial charge in [0.25, 0.3) is 17.7 Å². The molecule has 0 unspecified atom stereocenters. The van der Waals surface area contributed by atoms with Crippen molar-refractivity contribution in [1.29, 1.82) is 0 Å². The highest BCUT2D eigenvalue weighted by Gasteiger charge is 2.22. The highest BCUT2D eigenvalue weighted by atomic mass is 79.9. The molecular formula is C48H43BBr3N10O7S2. The first kappa shape index (κ1) is 51.2. The number of hydrogen-bond donors (Lipinski definition) is 8. The van der Waals surface area contributed by atoms with Crippen molar-refractivity contribution in [1.82, 2.24) is 35.6 Å². The Morgan fingerprint density at radius 3 is 1.68 bits per heavy atom. The van der Waals surface area contributed by atoms with E-state index in [0.29, 0.717) is 62.4 Å². The van der Waals surface area contributed by atoms with Crippen molar-refractivity contribution in [3.63, 3.8) is 0 Å². The summed E-state index contributed by atoms with van der Waals surface area (Å²) in [6, 6.07) is 26.2. The summed E-state index contributed by atoms with van der Waals surface area (Å²) in [5, 5.41) is 17.3. The van der Waals surface area contributed by atoms with E-state index in [9.17, 15) is 22.8 Å². The van der Waals surface area contributed by atoms with Crippen LogP contribution in [0.15, 0.2) is 112 Å². The number of amides is 3. The summed E-state index contributed by atoms with van der Waals surface area (Å²) in [5.41, 5.74) is 17.5.